The third-order valence-corrected chi connectivity index (χ3v) is 3.26. The van der Waals surface area contributed by atoms with Gasteiger partial charge in [-0.15, -0.1) is 0 Å². The van der Waals surface area contributed by atoms with Crippen LogP contribution in [0.1, 0.15) is 17.2 Å². The fraction of sp³-hybridized carbons (Fsp3) is 0.143. The molecule has 0 saturated carbocycles. The van der Waals surface area contributed by atoms with Crippen LogP contribution in [-0.4, -0.2) is 12.2 Å². The number of ether oxygens (including phenoxy) is 1. The van der Waals surface area contributed by atoms with Crippen molar-refractivity contribution in [2.45, 2.75) is 6.10 Å². The fourth-order valence-corrected chi connectivity index (χ4v) is 2.15. The molecular formula is C14H13ClFNO2. The van der Waals surface area contributed by atoms with Gasteiger partial charge in [0.1, 0.15) is 17.7 Å². The molecule has 0 aliphatic rings. The average molecular weight is 282 g/mol. The molecule has 100 valence electrons. The number of halogens is 2. The molecule has 19 heavy (non-hydrogen) atoms. The lowest BCUT2D eigenvalue weighted by atomic mass is 9.99. The number of hydrogen-bond acceptors (Lipinski definition) is 3. The molecule has 2 aromatic carbocycles. The normalized spacial score (nSPS) is 12.2. The second-order valence-corrected chi connectivity index (χ2v) is 4.42. The van der Waals surface area contributed by atoms with E-state index in [4.69, 9.17) is 22.1 Å². The maximum atomic E-state index is 13.2. The van der Waals surface area contributed by atoms with Gasteiger partial charge in [0.25, 0.3) is 0 Å². The van der Waals surface area contributed by atoms with Crippen LogP contribution in [0.2, 0.25) is 5.02 Å². The first-order valence-electron chi connectivity index (χ1n) is 5.60. The van der Waals surface area contributed by atoms with E-state index in [-0.39, 0.29) is 10.6 Å². The van der Waals surface area contributed by atoms with Crippen LogP contribution in [0.5, 0.6) is 5.75 Å². The topological polar surface area (TPSA) is 55.5 Å². The van der Waals surface area contributed by atoms with E-state index in [2.05, 4.69) is 0 Å². The van der Waals surface area contributed by atoms with Crippen molar-refractivity contribution in [1.82, 2.24) is 0 Å². The highest BCUT2D eigenvalue weighted by Gasteiger charge is 2.19. The molecule has 0 aliphatic heterocycles. The van der Waals surface area contributed by atoms with Crippen LogP contribution in [0.3, 0.4) is 0 Å². The van der Waals surface area contributed by atoms with Crippen molar-refractivity contribution in [3.63, 3.8) is 0 Å². The molecule has 0 aromatic heterocycles. The van der Waals surface area contributed by atoms with Crippen LogP contribution >= 0.6 is 11.6 Å². The first-order chi connectivity index (χ1) is 9.04. The highest BCUT2D eigenvalue weighted by atomic mass is 35.5. The first kappa shape index (κ1) is 13.6. The molecule has 0 unspecified atom stereocenters. The zero-order valence-electron chi connectivity index (χ0n) is 10.2. The van der Waals surface area contributed by atoms with Crippen molar-refractivity contribution >= 4 is 17.3 Å². The van der Waals surface area contributed by atoms with Crippen molar-refractivity contribution in [2.24, 2.45) is 0 Å². The Bertz CT molecular complexity index is 604. The summed E-state index contributed by atoms with van der Waals surface area (Å²) in [6.45, 7) is 0. The van der Waals surface area contributed by atoms with Crippen LogP contribution in [0.4, 0.5) is 10.1 Å². The van der Waals surface area contributed by atoms with E-state index in [1.807, 2.05) is 0 Å². The lowest BCUT2D eigenvalue weighted by Gasteiger charge is -2.16. The van der Waals surface area contributed by atoms with Gasteiger partial charge in [-0.05, 0) is 24.3 Å². The minimum absolute atomic E-state index is 0.273. The largest absolute Gasteiger partial charge is 0.495 e. The van der Waals surface area contributed by atoms with E-state index in [1.165, 1.54) is 25.3 Å². The zero-order chi connectivity index (χ0) is 14.0. The molecule has 0 amide bonds. The molecule has 0 saturated heterocycles. The first-order valence-corrected chi connectivity index (χ1v) is 5.97. The molecule has 0 heterocycles. The minimum Gasteiger partial charge on any atom is -0.495 e. The summed E-state index contributed by atoms with van der Waals surface area (Å²) in [5, 5.41) is 10.6. The van der Waals surface area contributed by atoms with Crippen LogP contribution in [-0.2, 0) is 0 Å². The van der Waals surface area contributed by atoms with Crippen molar-refractivity contribution in [3.05, 3.63) is 58.4 Å². The lowest BCUT2D eigenvalue weighted by Crippen LogP contribution is -2.05. The van der Waals surface area contributed by atoms with Gasteiger partial charge in [-0.1, -0.05) is 23.7 Å². The Morgan fingerprint density at radius 3 is 2.68 bits per heavy atom. The van der Waals surface area contributed by atoms with Gasteiger partial charge in [-0.3, -0.25) is 0 Å². The van der Waals surface area contributed by atoms with Gasteiger partial charge in [0.2, 0.25) is 0 Å². The Balaban J connectivity index is 2.50. The summed E-state index contributed by atoms with van der Waals surface area (Å²) < 4.78 is 18.3. The fourth-order valence-electron chi connectivity index (χ4n) is 1.85. The minimum atomic E-state index is -1.11. The third kappa shape index (κ3) is 2.64. The number of nitrogens with two attached hydrogens (primary N) is 1. The number of benzene rings is 2. The van der Waals surface area contributed by atoms with Crippen molar-refractivity contribution in [3.8, 4) is 5.75 Å². The Morgan fingerprint density at radius 1 is 1.26 bits per heavy atom. The second kappa shape index (κ2) is 5.47. The average Bonchev–Trinajstić information content (AvgIpc) is 2.41. The second-order valence-electron chi connectivity index (χ2n) is 4.04. The van der Waals surface area contributed by atoms with E-state index in [0.29, 0.717) is 17.0 Å². The predicted molar refractivity (Wildman–Crippen MR) is 72.9 cm³/mol. The quantitative estimate of drug-likeness (QED) is 0.850. The maximum absolute atomic E-state index is 13.2. The molecule has 1 atom stereocenters. The number of hydrogen-bond donors (Lipinski definition) is 2. The molecule has 0 fully saturated rings. The Hall–Kier alpha value is -1.78. The summed E-state index contributed by atoms with van der Waals surface area (Å²) >= 11 is 6.13. The molecule has 0 aliphatic carbocycles. The molecule has 5 heteroatoms. The van der Waals surface area contributed by atoms with Gasteiger partial charge in [-0.25, -0.2) is 4.39 Å². The number of aliphatic hydroxyl groups excluding tert-OH is 1. The Kier molecular flexibility index (Phi) is 3.93. The van der Waals surface area contributed by atoms with E-state index in [1.54, 1.807) is 18.2 Å². The monoisotopic (exact) mass is 281 g/mol. The summed E-state index contributed by atoms with van der Waals surface area (Å²) in [5.74, 6) is -0.0320. The number of aliphatic hydroxyl groups is 1. The number of anilines is 1. The van der Waals surface area contributed by atoms with Crippen LogP contribution < -0.4 is 10.5 Å². The third-order valence-electron chi connectivity index (χ3n) is 2.85. The number of methoxy groups -OCH3 is 1. The van der Waals surface area contributed by atoms with E-state index in [0.717, 1.165) is 0 Å². The number of nitrogen functional groups attached to an aromatic ring is 1. The molecular weight excluding hydrogens is 269 g/mol. The number of rotatable bonds is 3. The van der Waals surface area contributed by atoms with Crippen LogP contribution in [0.25, 0.3) is 0 Å². The van der Waals surface area contributed by atoms with Gasteiger partial charge < -0.3 is 15.6 Å². The summed E-state index contributed by atoms with van der Waals surface area (Å²) in [7, 11) is 1.48. The van der Waals surface area contributed by atoms with Crippen molar-refractivity contribution in [2.75, 3.05) is 12.8 Å². The van der Waals surface area contributed by atoms with E-state index >= 15 is 0 Å². The summed E-state index contributed by atoms with van der Waals surface area (Å²) in [5.41, 5.74) is 6.73. The van der Waals surface area contributed by atoms with Crippen molar-refractivity contribution in [1.29, 1.82) is 0 Å². The van der Waals surface area contributed by atoms with Gasteiger partial charge >= 0.3 is 0 Å². The van der Waals surface area contributed by atoms with Crippen molar-refractivity contribution < 1.29 is 14.2 Å². The van der Waals surface area contributed by atoms with Gasteiger partial charge in [-0.2, -0.15) is 0 Å². The Labute approximate surface area is 115 Å². The van der Waals surface area contributed by atoms with E-state index in [9.17, 15) is 9.50 Å². The van der Waals surface area contributed by atoms with Gasteiger partial charge in [0, 0.05) is 16.8 Å². The van der Waals surface area contributed by atoms with E-state index < -0.39 is 11.9 Å². The van der Waals surface area contributed by atoms with Gasteiger partial charge in [0.05, 0.1) is 12.1 Å². The van der Waals surface area contributed by atoms with Gasteiger partial charge in [0.15, 0.2) is 0 Å². The molecule has 3 nitrogen and oxygen atoms in total. The summed E-state index contributed by atoms with van der Waals surface area (Å²) in [6, 6.07) is 8.84. The SMILES string of the molecule is COc1cccc([C@@H](O)c2cc(F)ccc2N)c1Cl. The van der Waals surface area contributed by atoms with Crippen LogP contribution in [0.15, 0.2) is 36.4 Å². The molecule has 0 radical (unpaired) electrons. The summed E-state index contributed by atoms with van der Waals surface area (Å²) in [6.07, 6.45) is -1.11. The standard InChI is InChI=1S/C14H13ClFNO2/c1-19-12-4-2-3-9(13(12)15)14(18)10-7-8(16)5-6-11(10)17/h2-7,14,18H,17H2,1H3/t14-/m1/s1. The molecule has 0 spiro atoms. The Morgan fingerprint density at radius 2 is 2.00 bits per heavy atom. The lowest BCUT2D eigenvalue weighted by molar-refractivity contribution is 0.220. The highest BCUT2D eigenvalue weighted by molar-refractivity contribution is 6.32. The van der Waals surface area contributed by atoms with Crippen LogP contribution in [0, 0.1) is 5.82 Å². The molecule has 0 bridgehead atoms. The highest BCUT2D eigenvalue weighted by Crippen LogP contribution is 2.36. The summed E-state index contributed by atoms with van der Waals surface area (Å²) in [4.78, 5) is 0. The predicted octanol–water partition coefficient (Wildman–Crippen LogP) is 3.15. The zero-order valence-corrected chi connectivity index (χ0v) is 11.0. The molecule has 3 N–H and O–H groups in total. The molecule has 2 aromatic rings. The molecule has 2 rings (SSSR count). The maximum Gasteiger partial charge on any atom is 0.137 e. The smallest absolute Gasteiger partial charge is 0.137 e.